The molecule has 0 amide bonds. The molecule has 2 fully saturated rings. The van der Waals surface area contributed by atoms with E-state index in [2.05, 4.69) is 35.3 Å². The Morgan fingerprint density at radius 1 is 1.27 bits per heavy atom. The molecule has 0 saturated carbocycles. The minimum Gasteiger partial charge on any atom is -0.394 e. The standard InChI is InChI=1S/C19H23FN11O7PS/c20-11-9(3-32)38-17(30-15-12(28-29-30)16(34)27-18(21)26-15)13(11)39(35,40)36-4-10-7(33)1-8(37-10)6-2-25-31-14(6)23-5-24-19(31)22/h2,5,7-11,13,17,32-33H,1,3-4H2,(H,35,40)(H2,22,23,24)(H3,21,26,27,34)/t7-,8+,9?,10?,11-,13+,17+,39?/m0/s1. The van der Waals surface area contributed by atoms with Crippen LogP contribution in [0.25, 0.3) is 16.8 Å². The summed E-state index contributed by atoms with van der Waals surface area (Å²) in [5, 5.41) is 32.0. The van der Waals surface area contributed by atoms with Crippen molar-refractivity contribution in [2.24, 2.45) is 0 Å². The van der Waals surface area contributed by atoms with E-state index in [0.29, 0.717) is 11.2 Å². The number of H-pyrrole nitrogens is 1. The van der Waals surface area contributed by atoms with E-state index in [1.807, 2.05) is 0 Å². The topological polar surface area (TPSA) is 260 Å². The van der Waals surface area contributed by atoms with Gasteiger partial charge in [-0.05, 0) is 11.8 Å². The van der Waals surface area contributed by atoms with Gasteiger partial charge in [0.25, 0.3) is 5.56 Å². The smallest absolute Gasteiger partial charge is 0.282 e. The lowest BCUT2D eigenvalue weighted by molar-refractivity contribution is -0.0383. The molecule has 3 unspecified atom stereocenters. The van der Waals surface area contributed by atoms with Crippen LogP contribution in [0.2, 0.25) is 0 Å². The second-order valence-corrected chi connectivity index (χ2v) is 12.8. The number of anilines is 2. The molecule has 214 valence electrons. The average molecular weight is 600 g/mol. The highest BCUT2D eigenvalue weighted by Crippen LogP contribution is 2.58. The zero-order valence-electron chi connectivity index (χ0n) is 20.3. The van der Waals surface area contributed by atoms with Crippen LogP contribution in [0.1, 0.15) is 24.3 Å². The van der Waals surface area contributed by atoms with Crippen LogP contribution < -0.4 is 17.0 Å². The van der Waals surface area contributed by atoms with Gasteiger partial charge in [-0.2, -0.15) is 19.3 Å². The normalized spacial score (nSPS) is 30.4. The minimum absolute atomic E-state index is 0.119. The van der Waals surface area contributed by atoms with Gasteiger partial charge in [0.15, 0.2) is 29.5 Å². The van der Waals surface area contributed by atoms with Crippen LogP contribution in [0.5, 0.6) is 0 Å². The molecule has 6 rings (SSSR count). The summed E-state index contributed by atoms with van der Waals surface area (Å²) in [7, 11) is 0. The summed E-state index contributed by atoms with van der Waals surface area (Å²) in [6, 6.07) is 0. The van der Waals surface area contributed by atoms with Crippen molar-refractivity contribution in [3.63, 3.8) is 0 Å². The second kappa shape index (κ2) is 10.00. The highest BCUT2D eigenvalue weighted by Gasteiger charge is 2.54. The number of nitrogens with one attached hydrogen (secondary N) is 1. The molecule has 0 bridgehead atoms. The van der Waals surface area contributed by atoms with E-state index in [-0.39, 0.29) is 29.5 Å². The van der Waals surface area contributed by atoms with Gasteiger partial charge in [-0.15, -0.1) is 5.10 Å². The van der Waals surface area contributed by atoms with Gasteiger partial charge in [-0.25, -0.2) is 14.4 Å². The van der Waals surface area contributed by atoms with E-state index in [0.717, 1.165) is 4.68 Å². The largest absolute Gasteiger partial charge is 0.394 e. The second-order valence-electron chi connectivity index (χ2n) is 9.23. The van der Waals surface area contributed by atoms with E-state index in [1.54, 1.807) is 0 Å². The number of hydrogen-bond donors (Lipinski definition) is 6. The lowest BCUT2D eigenvalue weighted by Gasteiger charge is -2.28. The molecular weight excluding hydrogens is 576 g/mol. The van der Waals surface area contributed by atoms with Crippen molar-refractivity contribution in [1.29, 1.82) is 0 Å². The number of aromatic nitrogens is 9. The Morgan fingerprint density at radius 2 is 2.08 bits per heavy atom. The summed E-state index contributed by atoms with van der Waals surface area (Å²) in [6.07, 6.45) is -4.55. The summed E-state index contributed by atoms with van der Waals surface area (Å²) < 4.78 is 35.0. The zero-order valence-corrected chi connectivity index (χ0v) is 22.0. The van der Waals surface area contributed by atoms with Crippen LogP contribution >= 0.6 is 6.49 Å². The Labute approximate surface area is 227 Å². The molecule has 0 aliphatic carbocycles. The first-order valence-corrected chi connectivity index (χ1v) is 14.6. The van der Waals surface area contributed by atoms with Crippen molar-refractivity contribution in [1.82, 2.24) is 44.5 Å². The fourth-order valence-electron chi connectivity index (χ4n) is 4.85. The first-order chi connectivity index (χ1) is 19.1. The Morgan fingerprint density at radius 3 is 2.85 bits per heavy atom. The lowest BCUT2D eigenvalue weighted by atomic mass is 10.1. The van der Waals surface area contributed by atoms with Crippen LogP contribution in [0.4, 0.5) is 16.3 Å². The molecule has 18 nitrogen and oxygen atoms in total. The number of aliphatic hydroxyl groups is 2. The van der Waals surface area contributed by atoms with Crippen LogP contribution in [0.3, 0.4) is 0 Å². The molecule has 40 heavy (non-hydrogen) atoms. The Balaban J connectivity index is 1.23. The average Bonchev–Trinajstić information content (AvgIpc) is 3.67. The fraction of sp³-hybridized carbons (Fsp3) is 0.526. The Kier molecular flexibility index (Phi) is 6.74. The third-order valence-corrected chi connectivity index (χ3v) is 9.65. The van der Waals surface area contributed by atoms with Gasteiger partial charge in [0, 0.05) is 12.0 Å². The third-order valence-electron chi connectivity index (χ3n) is 6.79. The number of aliphatic hydroxyl groups excluding tert-OH is 2. The number of rotatable bonds is 7. The lowest BCUT2D eigenvalue weighted by Crippen LogP contribution is -2.33. The molecule has 2 aliphatic rings. The van der Waals surface area contributed by atoms with Crippen molar-refractivity contribution in [2.75, 3.05) is 24.7 Å². The van der Waals surface area contributed by atoms with Gasteiger partial charge >= 0.3 is 0 Å². The van der Waals surface area contributed by atoms with Crippen LogP contribution in [0.15, 0.2) is 17.3 Å². The Bertz CT molecular complexity index is 1690. The summed E-state index contributed by atoms with van der Waals surface area (Å²) >= 11 is 5.35. The first kappa shape index (κ1) is 27.0. The molecule has 8 atom stereocenters. The molecule has 6 heterocycles. The summed E-state index contributed by atoms with van der Waals surface area (Å²) in [4.78, 5) is 37.7. The molecule has 2 aliphatic heterocycles. The van der Waals surface area contributed by atoms with Gasteiger partial charge in [0.1, 0.15) is 30.4 Å². The number of alkyl halides is 1. The maximum absolute atomic E-state index is 15.5. The number of hydrogen-bond acceptors (Lipinski definition) is 15. The highest BCUT2D eigenvalue weighted by atomic mass is 32.5. The molecule has 21 heteroatoms. The number of nitrogens with two attached hydrogens (primary N) is 2. The van der Waals surface area contributed by atoms with Gasteiger partial charge in [-0.3, -0.25) is 9.78 Å². The van der Waals surface area contributed by atoms with E-state index >= 15 is 4.39 Å². The van der Waals surface area contributed by atoms with Gasteiger partial charge < -0.3 is 40.6 Å². The number of aromatic amines is 1. The Hall–Kier alpha value is -3.23. The van der Waals surface area contributed by atoms with Crippen LogP contribution in [0, 0.1) is 0 Å². The molecule has 0 spiro atoms. The molecule has 0 aromatic carbocycles. The van der Waals surface area contributed by atoms with E-state index in [1.165, 1.54) is 17.0 Å². The molecule has 4 aromatic rings. The third kappa shape index (κ3) is 4.41. The number of nitrogen functional groups attached to an aromatic ring is 2. The van der Waals surface area contributed by atoms with Crippen molar-refractivity contribution in [2.45, 2.75) is 48.9 Å². The molecule has 0 radical (unpaired) electrons. The van der Waals surface area contributed by atoms with E-state index in [9.17, 15) is 19.9 Å². The predicted molar refractivity (Wildman–Crippen MR) is 136 cm³/mol. The van der Waals surface area contributed by atoms with E-state index < -0.39 is 67.7 Å². The molecule has 2 saturated heterocycles. The van der Waals surface area contributed by atoms with E-state index in [4.69, 9.17) is 37.3 Å². The first-order valence-electron chi connectivity index (χ1n) is 11.8. The van der Waals surface area contributed by atoms with Crippen molar-refractivity contribution >= 4 is 47.0 Å². The number of halogens is 1. The number of fused-ring (bicyclic) bond motifs is 2. The number of ether oxygens (including phenoxy) is 2. The summed E-state index contributed by atoms with van der Waals surface area (Å²) in [6.45, 7) is -5.25. The van der Waals surface area contributed by atoms with Crippen molar-refractivity contribution in [3.05, 3.63) is 28.4 Å². The maximum atomic E-state index is 15.5. The van der Waals surface area contributed by atoms with Crippen molar-refractivity contribution < 1.29 is 33.5 Å². The predicted octanol–water partition coefficient (Wildman–Crippen LogP) is -2.08. The zero-order chi connectivity index (χ0) is 28.3. The van der Waals surface area contributed by atoms with Crippen LogP contribution in [-0.2, 0) is 25.8 Å². The van der Waals surface area contributed by atoms with Gasteiger partial charge in [0.2, 0.25) is 11.9 Å². The summed E-state index contributed by atoms with van der Waals surface area (Å²) in [5.74, 6) is -0.137. The maximum Gasteiger partial charge on any atom is 0.282 e. The molecule has 4 aromatic heterocycles. The SMILES string of the molecule is Nc1nc2c(nnn2[C@@H]2OC(CO)[C@H](F)[C@H]2P(O)(=S)OCC2O[C@@H](c3cnn4c(N)ncnc34)C[C@@H]2O)c(=O)[nH]1. The van der Waals surface area contributed by atoms with Gasteiger partial charge in [0.05, 0.1) is 31.6 Å². The van der Waals surface area contributed by atoms with Crippen molar-refractivity contribution in [3.8, 4) is 0 Å². The minimum atomic E-state index is -4.11. The van der Waals surface area contributed by atoms with Gasteiger partial charge in [-0.1, -0.05) is 5.21 Å². The van der Waals surface area contributed by atoms with Crippen LogP contribution in [-0.4, -0.2) is 103 Å². The molecular formula is C19H23FN11O7PS. The quantitative estimate of drug-likeness (QED) is 0.125. The fourth-order valence-corrected chi connectivity index (χ4v) is 7.30. The monoisotopic (exact) mass is 599 g/mol. The molecule has 8 N–H and O–H groups in total. The summed E-state index contributed by atoms with van der Waals surface area (Å²) in [5.41, 5.74) is 9.79. The number of nitrogens with zero attached hydrogens (tertiary/aromatic N) is 8. The highest BCUT2D eigenvalue weighted by molar-refractivity contribution is 8.09.